The third-order valence-corrected chi connectivity index (χ3v) is 5.19. The quantitative estimate of drug-likeness (QED) is 0.626. The molecule has 10 heteroatoms. The number of carbonyl (C=O) groups excluding carboxylic acids is 1. The van der Waals surface area contributed by atoms with E-state index in [9.17, 15) is 14.1 Å². The van der Waals surface area contributed by atoms with Gasteiger partial charge in [0.2, 0.25) is 0 Å². The van der Waals surface area contributed by atoms with Crippen LogP contribution in [0.5, 0.6) is 5.75 Å². The highest BCUT2D eigenvalue weighted by Crippen LogP contribution is 2.29. The molecule has 2 heterocycles. The number of para-hydroxylation sites is 1. The number of amides is 1. The molecule has 2 unspecified atom stereocenters. The summed E-state index contributed by atoms with van der Waals surface area (Å²) in [6, 6.07) is 8.29. The van der Waals surface area contributed by atoms with Crippen molar-refractivity contribution in [2.45, 2.75) is 26.8 Å². The average molecular weight is 432 g/mol. The summed E-state index contributed by atoms with van der Waals surface area (Å²) in [5.41, 5.74) is 0.395. The number of amidine groups is 2. The van der Waals surface area contributed by atoms with E-state index in [-0.39, 0.29) is 46.5 Å². The summed E-state index contributed by atoms with van der Waals surface area (Å²) in [6.45, 7) is 5.91. The van der Waals surface area contributed by atoms with Crippen LogP contribution in [0.4, 0.5) is 5.69 Å². The molecule has 3 rings (SSSR count). The number of benzene rings is 1. The van der Waals surface area contributed by atoms with Crippen LogP contribution in [0.3, 0.4) is 0 Å². The third-order valence-electron chi connectivity index (χ3n) is 4.52. The molecular formula is C20H25N5O4S. The lowest BCUT2D eigenvalue weighted by atomic mass is 10.0. The normalized spacial score (nSPS) is 16.8. The maximum atomic E-state index is 12.3. The highest BCUT2D eigenvalue weighted by atomic mass is 32.2. The van der Waals surface area contributed by atoms with Gasteiger partial charge in [0, 0.05) is 14.1 Å². The molecule has 2 atom stereocenters. The van der Waals surface area contributed by atoms with Crippen LogP contribution in [-0.2, 0) is 11.2 Å². The second-order valence-electron chi connectivity index (χ2n) is 7.45. The number of carbonyl (C=O) groups is 1. The summed E-state index contributed by atoms with van der Waals surface area (Å²) in [4.78, 5) is 13.6. The Bertz CT molecular complexity index is 1040. The van der Waals surface area contributed by atoms with Gasteiger partial charge in [0.05, 0.1) is 17.3 Å². The summed E-state index contributed by atoms with van der Waals surface area (Å²) in [7, 11) is 3.20. The number of nitrogens with one attached hydrogen (secondary N) is 2. The first-order valence-corrected chi connectivity index (χ1v) is 10.5. The van der Waals surface area contributed by atoms with E-state index >= 15 is 0 Å². The Labute approximate surface area is 177 Å². The van der Waals surface area contributed by atoms with Gasteiger partial charge in [0.1, 0.15) is 11.5 Å². The van der Waals surface area contributed by atoms with E-state index in [0.29, 0.717) is 0 Å². The number of aryl methyl sites for hydroxylation is 1. The fourth-order valence-electron chi connectivity index (χ4n) is 2.96. The highest BCUT2D eigenvalue weighted by Gasteiger charge is 2.27. The Hall–Kier alpha value is -3.14. The Balaban J connectivity index is 1.86. The molecule has 2 aromatic rings. The maximum Gasteiger partial charge on any atom is 0.269 e. The van der Waals surface area contributed by atoms with Gasteiger partial charge in [0.25, 0.3) is 17.1 Å². The van der Waals surface area contributed by atoms with Crippen molar-refractivity contribution >= 4 is 34.4 Å². The van der Waals surface area contributed by atoms with Gasteiger partial charge in [-0.2, -0.15) is 0 Å². The van der Waals surface area contributed by atoms with Crippen LogP contribution in [0.25, 0.3) is 0 Å². The first kappa shape index (κ1) is 21.6. The van der Waals surface area contributed by atoms with Crippen molar-refractivity contribution in [1.82, 2.24) is 10.2 Å². The van der Waals surface area contributed by atoms with E-state index in [1.807, 2.05) is 32.9 Å². The van der Waals surface area contributed by atoms with Gasteiger partial charge in [-0.3, -0.25) is 4.79 Å². The Morgan fingerprint density at radius 3 is 2.47 bits per heavy atom. The topological polar surface area (TPSA) is 120 Å². The van der Waals surface area contributed by atoms with Gasteiger partial charge >= 0.3 is 0 Å². The van der Waals surface area contributed by atoms with E-state index in [0.717, 1.165) is 11.5 Å². The zero-order chi connectivity index (χ0) is 22.0. The fraction of sp³-hybridized carbons (Fsp3) is 0.350. The largest absolute Gasteiger partial charge is 0.505 e. The molecule has 9 nitrogen and oxygen atoms in total. The minimum absolute atomic E-state index is 0.141. The van der Waals surface area contributed by atoms with Crippen LogP contribution >= 0.6 is 0 Å². The number of nitrogens with zero attached hydrogens (tertiary/aromatic N) is 3. The summed E-state index contributed by atoms with van der Waals surface area (Å²) >= 11 is -1.80. The van der Waals surface area contributed by atoms with Gasteiger partial charge in [-0.25, -0.2) is 4.21 Å². The van der Waals surface area contributed by atoms with Gasteiger partial charge < -0.3 is 25.1 Å². The Kier molecular flexibility index (Phi) is 6.25. The van der Waals surface area contributed by atoms with Gasteiger partial charge in [-0.15, -0.1) is 8.80 Å². The number of hydrogen-bond acceptors (Lipinski definition) is 6. The van der Waals surface area contributed by atoms with Gasteiger partial charge in [0.15, 0.2) is 17.4 Å². The molecule has 1 aromatic carbocycles. The Morgan fingerprint density at radius 1 is 1.17 bits per heavy atom. The number of furan rings is 1. The minimum Gasteiger partial charge on any atom is -0.505 e. The zero-order valence-corrected chi connectivity index (χ0v) is 18.3. The van der Waals surface area contributed by atoms with E-state index in [1.165, 1.54) is 11.0 Å². The van der Waals surface area contributed by atoms with Crippen LogP contribution in [0, 0.1) is 12.8 Å². The van der Waals surface area contributed by atoms with E-state index in [4.69, 9.17) is 4.42 Å². The third kappa shape index (κ3) is 4.54. The Morgan fingerprint density at radius 2 is 1.87 bits per heavy atom. The van der Waals surface area contributed by atoms with E-state index < -0.39 is 11.2 Å². The second kappa shape index (κ2) is 8.70. The molecule has 0 spiro atoms. The van der Waals surface area contributed by atoms with E-state index in [1.54, 1.807) is 26.2 Å². The van der Waals surface area contributed by atoms with Crippen molar-refractivity contribution < 1.29 is 18.5 Å². The first-order chi connectivity index (χ1) is 14.2. The van der Waals surface area contributed by atoms with Crippen molar-refractivity contribution in [2.75, 3.05) is 19.4 Å². The van der Waals surface area contributed by atoms with Crippen molar-refractivity contribution in [3.05, 3.63) is 47.4 Å². The maximum absolute atomic E-state index is 12.3. The fourth-order valence-corrected chi connectivity index (χ4v) is 3.58. The van der Waals surface area contributed by atoms with Crippen LogP contribution < -0.4 is 10.6 Å². The smallest absolute Gasteiger partial charge is 0.269 e. The molecule has 0 saturated carbocycles. The second-order valence-corrected chi connectivity index (χ2v) is 8.28. The first-order valence-electron chi connectivity index (χ1n) is 9.40. The SMILES string of the molecule is Cc1ccc(C(NC2=NS(=O)N=C2Nc2cccc(C(=O)N(C)C)c2O)C(C)C)o1. The molecule has 1 aliphatic rings. The molecule has 0 aliphatic carbocycles. The molecule has 1 aromatic heterocycles. The molecule has 0 radical (unpaired) electrons. The van der Waals surface area contributed by atoms with Gasteiger partial charge in [-0.1, -0.05) is 19.9 Å². The monoisotopic (exact) mass is 431 g/mol. The highest BCUT2D eigenvalue weighted by molar-refractivity contribution is 7.83. The van der Waals surface area contributed by atoms with Crippen LogP contribution in [0.2, 0.25) is 0 Å². The summed E-state index contributed by atoms with van der Waals surface area (Å²) in [6.07, 6.45) is 0. The van der Waals surface area contributed by atoms with Crippen molar-refractivity contribution in [3.63, 3.8) is 0 Å². The van der Waals surface area contributed by atoms with Crippen molar-refractivity contribution in [3.8, 4) is 5.75 Å². The van der Waals surface area contributed by atoms with Crippen LogP contribution in [-0.4, -0.2) is 45.9 Å². The number of aromatic hydroxyl groups is 1. The molecule has 160 valence electrons. The van der Waals surface area contributed by atoms with Gasteiger partial charge in [-0.05, 0) is 37.1 Å². The predicted molar refractivity (Wildman–Crippen MR) is 117 cm³/mol. The van der Waals surface area contributed by atoms with Crippen LogP contribution in [0.1, 0.15) is 41.8 Å². The molecule has 1 amide bonds. The lowest BCUT2D eigenvalue weighted by Gasteiger charge is -2.22. The number of phenols is 1. The standard InChI is InChI=1S/C20H25N5O4S/c1-11(2)16(15-10-9-12(3)29-15)22-19-18(23-30(28)24-19)21-14-8-6-7-13(17(14)26)20(27)25(4)5/h6-11,16,26H,1-5H3,(H,21,23)(H,22,24). The molecule has 3 N–H and O–H groups in total. The number of anilines is 1. The van der Waals surface area contributed by atoms with Crippen molar-refractivity contribution in [2.24, 2.45) is 14.7 Å². The molecule has 0 bridgehead atoms. The average Bonchev–Trinajstić information content (AvgIpc) is 3.25. The number of hydrogen-bond donors (Lipinski definition) is 3. The zero-order valence-electron chi connectivity index (χ0n) is 17.5. The number of phenolic OH excluding ortho intramolecular Hbond substituents is 1. The summed E-state index contributed by atoms with van der Waals surface area (Å²) < 4.78 is 25.8. The molecule has 30 heavy (non-hydrogen) atoms. The predicted octanol–water partition coefficient (Wildman–Crippen LogP) is 2.78. The lowest BCUT2D eigenvalue weighted by Crippen LogP contribution is -2.38. The van der Waals surface area contributed by atoms with Crippen LogP contribution in [0.15, 0.2) is 43.5 Å². The summed E-state index contributed by atoms with van der Waals surface area (Å²) in [5.74, 6) is 1.57. The van der Waals surface area contributed by atoms with Crippen molar-refractivity contribution in [1.29, 1.82) is 0 Å². The minimum atomic E-state index is -1.80. The molecule has 0 saturated heterocycles. The molecule has 0 fully saturated rings. The molecular weight excluding hydrogens is 406 g/mol. The lowest BCUT2D eigenvalue weighted by molar-refractivity contribution is 0.0824. The van der Waals surface area contributed by atoms with E-state index in [2.05, 4.69) is 19.4 Å². The summed E-state index contributed by atoms with van der Waals surface area (Å²) in [5, 5.41) is 16.7. The number of rotatable bonds is 5. The molecule has 1 aliphatic heterocycles.